The molecule has 10 heteroatoms. The second-order valence-corrected chi connectivity index (χ2v) is 5.05. The first-order valence-electron chi connectivity index (χ1n) is 3.24. The van der Waals surface area contributed by atoms with Crippen LogP contribution in [-0.2, 0) is 20.2 Å². The predicted octanol–water partition coefficient (Wildman–Crippen LogP) is -6.50. The number of benzene rings is 1. The van der Waals surface area contributed by atoms with Gasteiger partial charge in [-0.25, -0.2) is 16.8 Å². The van der Waals surface area contributed by atoms with Gasteiger partial charge < -0.3 is 9.11 Å². The van der Waals surface area contributed by atoms with Gasteiger partial charge in [-0.3, -0.25) is 0 Å². The van der Waals surface area contributed by atoms with Gasteiger partial charge in [0.1, 0.15) is 20.2 Å². The second kappa shape index (κ2) is 8.43. The van der Waals surface area contributed by atoms with Gasteiger partial charge in [-0.2, -0.15) is 0 Å². The zero-order chi connectivity index (χ0) is 11.0. The Balaban J connectivity index is 0. The molecular weight excluding hydrogens is 498 g/mol. The van der Waals surface area contributed by atoms with E-state index in [1.165, 1.54) is 0 Å². The minimum atomic E-state index is -4.95. The molecule has 16 heavy (non-hydrogen) atoms. The van der Waals surface area contributed by atoms with E-state index in [0.29, 0.717) is 0 Å². The summed E-state index contributed by atoms with van der Waals surface area (Å²) < 4.78 is 63.2. The molecule has 0 aliphatic rings. The van der Waals surface area contributed by atoms with Crippen LogP contribution in [0.4, 0.5) is 0 Å². The van der Waals surface area contributed by atoms with Gasteiger partial charge in [-0.15, -0.1) is 0 Å². The quantitative estimate of drug-likeness (QED) is 0.372. The standard InChI is InChI=1S/C6H6O6S2.2Cs/c7-13(8,9)5-3-1-2-4-6(5)14(10,11)12;;/h1-4H,(H,7,8,9)(H,10,11,12);;/q;2*+1/p-2. The van der Waals surface area contributed by atoms with Gasteiger partial charge in [-0.1, -0.05) is 12.1 Å². The summed E-state index contributed by atoms with van der Waals surface area (Å²) in [4.78, 5) is -2.04. The summed E-state index contributed by atoms with van der Waals surface area (Å²) in [6.45, 7) is 0. The maximum absolute atomic E-state index is 10.5. The average molecular weight is 502 g/mol. The first kappa shape index (κ1) is 21.4. The zero-order valence-electron chi connectivity index (χ0n) is 8.58. The summed E-state index contributed by atoms with van der Waals surface area (Å²) in [5.74, 6) is 0. The van der Waals surface area contributed by atoms with Crippen molar-refractivity contribution in [3.8, 4) is 0 Å². The van der Waals surface area contributed by atoms with Gasteiger partial charge in [-0.05, 0) is 12.1 Å². The largest absolute Gasteiger partial charge is 1.00 e. The topological polar surface area (TPSA) is 114 Å². The van der Waals surface area contributed by atoms with Crippen LogP contribution in [0.5, 0.6) is 0 Å². The molecule has 0 bridgehead atoms. The van der Waals surface area contributed by atoms with Crippen LogP contribution in [0, 0.1) is 0 Å². The predicted molar refractivity (Wildman–Crippen MR) is 42.4 cm³/mol. The Morgan fingerprint density at radius 2 is 1.00 bits per heavy atom. The van der Waals surface area contributed by atoms with Gasteiger partial charge >= 0.3 is 138 Å². The van der Waals surface area contributed by atoms with Crippen LogP contribution in [0.2, 0.25) is 0 Å². The molecule has 0 spiro atoms. The Kier molecular flexibility index (Phi) is 11.3. The van der Waals surface area contributed by atoms with Crippen LogP contribution >= 0.6 is 0 Å². The molecule has 1 aromatic rings. The summed E-state index contributed by atoms with van der Waals surface area (Å²) in [5, 5.41) is 0. The molecule has 78 valence electrons. The van der Waals surface area contributed by atoms with Crippen LogP contribution in [-0.4, -0.2) is 25.9 Å². The van der Waals surface area contributed by atoms with Crippen LogP contribution in [0.1, 0.15) is 0 Å². The van der Waals surface area contributed by atoms with Crippen molar-refractivity contribution in [3.63, 3.8) is 0 Å². The molecule has 0 heterocycles. The number of hydrogen-bond donors (Lipinski definition) is 0. The van der Waals surface area contributed by atoms with Crippen molar-refractivity contribution >= 4 is 20.2 Å². The van der Waals surface area contributed by atoms with Crippen LogP contribution < -0.4 is 138 Å². The first-order valence-corrected chi connectivity index (χ1v) is 6.05. The van der Waals surface area contributed by atoms with Crippen LogP contribution in [0.15, 0.2) is 34.1 Å². The summed E-state index contributed by atoms with van der Waals surface area (Å²) in [7, 11) is -9.89. The summed E-state index contributed by atoms with van der Waals surface area (Å²) >= 11 is 0. The van der Waals surface area contributed by atoms with Crippen LogP contribution in [0.3, 0.4) is 0 Å². The zero-order valence-corrected chi connectivity index (χ0v) is 22.8. The van der Waals surface area contributed by atoms with E-state index in [2.05, 4.69) is 0 Å². The smallest absolute Gasteiger partial charge is 0.744 e. The Labute approximate surface area is 211 Å². The Morgan fingerprint density at radius 3 is 1.19 bits per heavy atom. The molecular formula is C6H4Cs2O6S2. The van der Waals surface area contributed by atoms with E-state index in [-0.39, 0.29) is 138 Å². The maximum atomic E-state index is 10.5. The molecule has 0 radical (unpaired) electrons. The third kappa shape index (κ3) is 6.54. The Morgan fingerprint density at radius 1 is 0.750 bits per heavy atom. The van der Waals surface area contributed by atoms with E-state index in [9.17, 15) is 25.9 Å². The molecule has 0 fully saturated rings. The minimum Gasteiger partial charge on any atom is -0.744 e. The van der Waals surface area contributed by atoms with E-state index in [4.69, 9.17) is 0 Å². The molecule has 1 aromatic carbocycles. The van der Waals surface area contributed by atoms with Gasteiger partial charge in [0.15, 0.2) is 0 Å². The molecule has 0 saturated carbocycles. The molecule has 6 nitrogen and oxygen atoms in total. The van der Waals surface area contributed by atoms with E-state index in [1.54, 1.807) is 0 Å². The van der Waals surface area contributed by atoms with Gasteiger partial charge in [0.25, 0.3) is 0 Å². The summed E-state index contributed by atoms with van der Waals surface area (Å²) in [5.41, 5.74) is 0. The SMILES string of the molecule is O=S(=O)([O-])c1ccccc1S(=O)(=O)[O-].[Cs+].[Cs+]. The Hall–Kier alpha value is 3.14. The van der Waals surface area contributed by atoms with Gasteiger partial charge in [0, 0.05) is 0 Å². The second-order valence-electron chi connectivity index (χ2n) is 2.35. The molecule has 0 aromatic heterocycles. The molecule has 0 aliphatic carbocycles. The monoisotopic (exact) mass is 502 g/mol. The van der Waals surface area contributed by atoms with Crippen molar-refractivity contribution in [2.75, 3.05) is 0 Å². The van der Waals surface area contributed by atoms with Crippen molar-refractivity contribution in [2.45, 2.75) is 9.79 Å². The minimum absolute atomic E-state index is 0. The molecule has 0 saturated heterocycles. The first-order chi connectivity index (χ1) is 6.23. The normalized spacial score (nSPS) is 11.1. The van der Waals surface area contributed by atoms with E-state index in [0.717, 1.165) is 24.3 Å². The average Bonchev–Trinajstić information content (AvgIpc) is 2.01. The van der Waals surface area contributed by atoms with Gasteiger partial charge in [0.2, 0.25) is 0 Å². The van der Waals surface area contributed by atoms with Crippen molar-refractivity contribution in [3.05, 3.63) is 24.3 Å². The van der Waals surface area contributed by atoms with Crippen molar-refractivity contribution in [2.24, 2.45) is 0 Å². The summed E-state index contributed by atoms with van der Waals surface area (Å²) in [6.07, 6.45) is 0. The fourth-order valence-electron chi connectivity index (χ4n) is 0.863. The van der Waals surface area contributed by atoms with Gasteiger partial charge in [0.05, 0.1) is 9.79 Å². The van der Waals surface area contributed by atoms with Crippen molar-refractivity contribution in [1.82, 2.24) is 0 Å². The maximum Gasteiger partial charge on any atom is 1.00 e. The van der Waals surface area contributed by atoms with Crippen molar-refractivity contribution in [1.29, 1.82) is 0 Å². The van der Waals surface area contributed by atoms with Crippen molar-refractivity contribution < 1.29 is 164 Å². The molecule has 0 amide bonds. The molecule has 0 atom stereocenters. The fourth-order valence-corrected chi connectivity index (χ4v) is 2.59. The molecule has 0 N–H and O–H groups in total. The Bertz CT molecular complexity index is 499. The summed E-state index contributed by atoms with van der Waals surface area (Å²) in [6, 6.07) is 3.85. The third-order valence-corrected chi connectivity index (χ3v) is 3.31. The number of rotatable bonds is 2. The van der Waals surface area contributed by atoms with Crippen LogP contribution in [0.25, 0.3) is 0 Å². The molecule has 0 unspecified atom stereocenters. The fraction of sp³-hybridized carbons (Fsp3) is 0. The molecule has 1 rings (SSSR count). The van der Waals surface area contributed by atoms with E-state index < -0.39 is 30.0 Å². The van der Waals surface area contributed by atoms with E-state index in [1.807, 2.05) is 0 Å². The number of hydrogen-bond acceptors (Lipinski definition) is 6. The molecule has 0 aliphatic heterocycles. The van der Waals surface area contributed by atoms with E-state index >= 15 is 0 Å². The third-order valence-electron chi connectivity index (χ3n) is 1.39.